The van der Waals surface area contributed by atoms with E-state index < -0.39 is 12.0 Å². The Balaban J connectivity index is 2.37. The topological polar surface area (TPSA) is 78.8 Å². The van der Waals surface area contributed by atoms with Gasteiger partial charge in [0.15, 0.2) is 0 Å². The summed E-state index contributed by atoms with van der Waals surface area (Å²) >= 11 is 0. The third-order valence-electron chi connectivity index (χ3n) is 2.43. The molecule has 0 aliphatic rings. The molecule has 0 fully saturated rings. The maximum absolute atomic E-state index is 10.7. The minimum absolute atomic E-state index is 0.00111. The van der Waals surface area contributed by atoms with Gasteiger partial charge in [-0.15, -0.1) is 0 Å². The highest BCUT2D eigenvalue weighted by Crippen LogP contribution is 2.12. The molecule has 94 valence electrons. The summed E-state index contributed by atoms with van der Waals surface area (Å²) in [6.45, 7) is 0.331. The maximum Gasteiger partial charge on any atom is 0.320 e. The monoisotopic (exact) mass is 239 g/mol. The van der Waals surface area contributed by atoms with Gasteiger partial charge in [0, 0.05) is 6.42 Å². The highest BCUT2D eigenvalue weighted by atomic mass is 16.5. The van der Waals surface area contributed by atoms with Crippen molar-refractivity contribution in [3.63, 3.8) is 0 Å². The Morgan fingerprint density at radius 1 is 1.41 bits per heavy atom. The van der Waals surface area contributed by atoms with Crippen molar-refractivity contribution in [3.8, 4) is 5.75 Å². The number of aliphatic hydroxyl groups excluding tert-OH is 1. The first-order chi connectivity index (χ1) is 8.17. The predicted octanol–water partition coefficient (Wildman–Crippen LogP) is 0.620. The van der Waals surface area contributed by atoms with Crippen LogP contribution in [0.15, 0.2) is 24.3 Å². The smallest absolute Gasteiger partial charge is 0.320 e. The zero-order chi connectivity index (χ0) is 12.7. The van der Waals surface area contributed by atoms with Crippen LogP contribution in [-0.4, -0.2) is 35.9 Å². The van der Waals surface area contributed by atoms with Crippen LogP contribution in [0, 0.1) is 0 Å². The second kappa shape index (κ2) is 6.88. The van der Waals surface area contributed by atoms with Gasteiger partial charge in [0.1, 0.15) is 11.8 Å². The van der Waals surface area contributed by atoms with Gasteiger partial charge in [0.2, 0.25) is 0 Å². The lowest BCUT2D eigenvalue weighted by Crippen LogP contribution is -2.35. The Kier molecular flexibility index (Phi) is 5.45. The van der Waals surface area contributed by atoms with Crippen LogP contribution in [-0.2, 0) is 11.4 Å². The Morgan fingerprint density at radius 3 is 2.53 bits per heavy atom. The van der Waals surface area contributed by atoms with E-state index in [4.69, 9.17) is 14.9 Å². The minimum Gasteiger partial charge on any atom is -0.494 e. The molecule has 1 aromatic rings. The van der Waals surface area contributed by atoms with E-state index in [1.807, 2.05) is 0 Å². The van der Waals surface area contributed by atoms with Gasteiger partial charge in [-0.25, -0.2) is 0 Å². The van der Waals surface area contributed by atoms with Crippen molar-refractivity contribution < 1.29 is 19.7 Å². The molecule has 1 atom stereocenters. The minimum atomic E-state index is -0.883. The zero-order valence-electron chi connectivity index (χ0n) is 9.72. The molecule has 3 N–H and O–H groups in total. The van der Waals surface area contributed by atoms with E-state index in [9.17, 15) is 4.79 Å². The fourth-order valence-corrected chi connectivity index (χ4v) is 1.38. The highest BCUT2D eigenvalue weighted by molar-refractivity contribution is 5.73. The van der Waals surface area contributed by atoms with Gasteiger partial charge >= 0.3 is 5.97 Å². The lowest BCUT2D eigenvalue weighted by atomic mass is 10.2. The molecular formula is C12H17NO4. The molecule has 0 saturated carbocycles. The molecule has 1 rings (SSSR count). The van der Waals surface area contributed by atoms with Gasteiger partial charge in [-0.05, 0) is 24.7 Å². The summed E-state index contributed by atoms with van der Waals surface area (Å²) < 4.78 is 5.40. The molecule has 0 aliphatic carbocycles. The summed E-state index contributed by atoms with van der Waals surface area (Å²) in [4.78, 5) is 10.7. The van der Waals surface area contributed by atoms with Gasteiger partial charge in [-0.2, -0.15) is 0 Å². The summed E-state index contributed by atoms with van der Waals surface area (Å²) in [5, 5.41) is 20.3. The van der Waals surface area contributed by atoms with Gasteiger partial charge in [0.25, 0.3) is 0 Å². The van der Waals surface area contributed by atoms with Crippen molar-refractivity contribution in [2.75, 3.05) is 13.7 Å². The number of carbonyl (C=O) groups is 1. The molecule has 0 radical (unpaired) electrons. The number of hydrogen-bond donors (Lipinski definition) is 3. The quantitative estimate of drug-likeness (QED) is 0.650. The van der Waals surface area contributed by atoms with Crippen LogP contribution in [0.3, 0.4) is 0 Å². The van der Waals surface area contributed by atoms with Crippen molar-refractivity contribution in [1.82, 2.24) is 5.32 Å². The fraction of sp³-hybridized carbons (Fsp3) is 0.417. The zero-order valence-corrected chi connectivity index (χ0v) is 9.72. The lowest BCUT2D eigenvalue weighted by Gasteiger charge is -2.12. The Labute approximate surface area is 100 Å². The van der Waals surface area contributed by atoms with Crippen LogP contribution in [0.25, 0.3) is 0 Å². The average molecular weight is 239 g/mol. The third kappa shape index (κ3) is 4.42. The van der Waals surface area contributed by atoms with Crippen molar-refractivity contribution in [3.05, 3.63) is 29.8 Å². The first-order valence-corrected chi connectivity index (χ1v) is 5.40. The first-order valence-electron chi connectivity index (χ1n) is 5.40. The van der Waals surface area contributed by atoms with E-state index in [1.54, 1.807) is 31.3 Å². The van der Waals surface area contributed by atoms with E-state index in [0.717, 1.165) is 5.56 Å². The molecule has 0 heterocycles. The summed E-state index contributed by atoms with van der Waals surface area (Å²) in [5.74, 6) is -0.214. The van der Waals surface area contributed by atoms with E-state index in [-0.39, 0.29) is 6.61 Å². The van der Waals surface area contributed by atoms with Crippen molar-refractivity contribution >= 4 is 5.97 Å². The number of benzene rings is 1. The van der Waals surface area contributed by atoms with E-state index >= 15 is 0 Å². The van der Waals surface area contributed by atoms with Gasteiger partial charge < -0.3 is 20.3 Å². The SMILES string of the molecule is CNC(CCOc1ccc(CO)cc1)C(=O)O. The standard InChI is InChI=1S/C12H17NO4/c1-13-11(12(15)16)6-7-17-10-4-2-9(8-14)3-5-10/h2-5,11,13-14H,6-8H2,1H3,(H,15,16). The summed E-state index contributed by atoms with van der Waals surface area (Å²) in [7, 11) is 1.61. The maximum atomic E-state index is 10.7. The average Bonchev–Trinajstić information content (AvgIpc) is 2.35. The van der Waals surface area contributed by atoms with Crippen molar-refractivity contribution in [2.45, 2.75) is 19.1 Å². The Hall–Kier alpha value is -1.59. The molecule has 1 aromatic carbocycles. The molecule has 0 amide bonds. The summed E-state index contributed by atoms with van der Waals surface area (Å²) in [6.07, 6.45) is 0.396. The number of carboxylic acid groups (broad SMARTS) is 1. The van der Waals surface area contributed by atoms with Crippen LogP contribution in [0.4, 0.5) is 0 Å². The molecule has 0 aromatic heterocycles. The normalized spacial score (nSPS) is 12.1. The van der Waals surface area contributed by atoms with Crippen LogP contribution in [0.2, 0.25) is 0 Å². The van der Waals surface area contributed by atoms with Crippen LogP contribution >= 0.6 is 0 Å². The fourth-order valence-electron chi connectivity index (χ4n) is 1.38. The van der Waals surface area contributed by atoms with E-state index in [1.165, 1.54) is 0 Å². The van der Waals surface area contributed by atoms with Gasteiger partial charge in [-0.3, -0.25) is 4.79 Å². The largest absolute Gasteiger partial charge is 0.494 e. The number of aliphatic hydroxyl groups is 1. The molecule has 0 saturated heterocycles. The van der Waals surface area contributed by atoms with Crippen molar-refractivity contribution in [2.24, 2.45) is 0 Å². The molecule has 0 spiro atoms. The lowest BCUT2D eigenvalue weighted by molar-refractivity contribution is -0.139. The number of nitrogens with one attached hydrogen (secondary N) is 1. The van der Waals surface area contributed by atoms with Crippen LogP contribution in [0.5, 0.6) is 5.75 Å². The second-order valence-electron chi connectivity index (χ2n) is 3.62. The molecule has 5 nitrogen and oxygen atoms in total. The first kappa shape index (κ1) is 13.5. The molecule has 1 unspecified atom stereocenters. The highest BCUT2D eigenvalue weighted by Gasteiger charge is 2.14. The number of carboxylic acids is 1. The number of ether oxygens (including phenoxy) is 1. The predicted molar refractivity (Wildman–Crippen MR) is 63.0 cm³/mol. The van der Waals surface area contributed by atoms with Crippen molar-refractivity contribution in [1.29, 1.82) is 0 Å². The molecular weight excluding hydrogens is 222 g/mol. The number of hydrogen-bond acceptors (Lipinski definition) is 4. The van der Waals surface area contributed by atoms with Crippen LogP contribution < -0.4 is 10.1 Å². The number of rotatable bonds is 7. The molecule has 0 bridgehead atoms. The van der Waals surface area contributed by atoms with E-state index in [0.29, 0.717) is 18.8 Å². The summed E-state index contributed by atoms with van der Waals surface area (Å²) in [5.41, 5.74) is 0.816. The number of aliphatic carboxylic acids is 1. The third-order valence-corrected chi connectivity index (χ3v) is 2.43. The van der Waals surface area contributed by atoms with Crippen LogP contribution in [0.1, 0.15) is 12.0 Å². The molecule has 5 heteroatoms. The summed E-state index contributed by atoms with van der Waals surface area (Å²) in [6, 6.07) is 6.44. The Bertz CT molecular complexity index is 350. The molecule has 17 heavy (non-hydrogen) atoms. The number of likely N-dealkylation sites (N-methyl/N-ethyl adjacent to an activating group) is 1. The van der Waals surface area contributed by atoms with E-state index in [2.05, 4.69) is 5.32 Å². The van der Waals surface area contributed by atoms with Gasteiger partial charge in [0.05, 0.1) is 13.2 Å². The van der Waals surface area contributed by atoms with Gasteiger partial charge in [-0.1, -0.05) is 12.1 Å². The molecule has 0 aliphatic heterocycles. The Morgan fingerprint density at radius 2 is 2.06 bits per heavy atom. The second-order valence-corrected chi connectivity index (χ2v) is 3.62.